The standard InChI is InChI=1S/C13H5BrCl2F2O/c14-8-2-1-6(3-10(8)16)13(19)7-4-11(17)12(18)5-9(7)15/h1-5H. The van der Waals surface area contributed by atoms with E-state index in [1.165, 1.54) is 12.1 Å². The molecule has 0 heterocycles. The normalized spacial score (nSPS) is 10.6. The van der Waals surface area contributed by atoms with Crippen LogP contribution in [0.3, 0.4) is 0 Å². The monoisotopic (exact) mass is 364 g/mol. The molecule has 98 valence electrons. The molecule has 0 bridgehead atoms. The van der Waals surface area contributed by atoms with Gasteiger partial charge in [0.25, 0.3) is 0 Å². The summed E-state index contributed by atoms with van der Waals surface area (Å²) in [7, 11) is 0. The quantitative estimate of drug-likeness (QED) is 0.523. The molecule has 0 N–H and O–H groups in total. The molecular weight excluding hydrogens is 361 g/mol. The highest BCUT2D eigenvalue weighted by atomic mass is 79.9. The maximum atomic E-state index is 13.2. The van der Waals surface area contributed by atoms with Gasteiger partial charge in [-0.3, -0.25) is 4.79 Å². The number of benzene rings is 2. The lowest BCUT2D eigenvalue weighted by molar-refractivity contribution is 0.103. The van der Waals surface area contributed by atoms with Crippen molar-refractivity contribution in [3.05, 3.63) is 67.6 Å². The lowest BCUT2D eigenvalue weighted by atomic mass is 10.0. The van der Waals surface area contributed by atoms with Crippen LogP contribution in [0, 0.1) is 11.6 Å². The zero-order valence-corrected chi connectivity index (χ0v) is 12.3. The third-order valence-corrected chi connectivity index (χ3v) is 3.98. The third kappa shape index (κ3) is 2.96. The van der Waals surface area contributed by atoms with Gasteiger partial charge in [0.2, 0.25) is 0 Å². The van der Waals surface area contributed by atoms with Gasteiger partial charge in [0.15, 0.2) is 17.4 Å². The van der Waals surface area contributed by atoms with Gasteiger partial charge >= 0.3 is 0 Å². The molecule has 6 heteroatoms. The summed E-state index contributed by atoms with van der Waals surface area (Å²) in [6.07, 6.45) is 0. The predicted octanol–water partition coefficient (Wildman–Crippen LogP) is 5.27. The number of hydrogen-bond donors (Lipinski definition) is 0. The van der Waals surface area contributed by atoms with Crippen LogP contribution in [0.2, 0.25) is 10.0 Å². The fourth-order valence-corrected chi connectivity index (χ4v) is 2.15. The molecule has 2 aromatic rings. The minimum atomic E-state index is -1.13. The van der Waals surface area contributed by atoms with Gasteiger partial charge in [0.05, 0.1) is 10.0 Å². The van der Waals surface area contributed by atoms with Crippen LogP contribution >= 0.6 is 39.1 Å². The summed E-state index contributed by atoms with van der Waals surface area (Å²) in [6.45, 7) is 0. The number of carbonyl (C=O) groups excluding carboxylic acids is 1. The van der Waals surface area contributed by atoms with Crippen molar-refractivity contribution in [1.29, 1.82) is 0 Å². The maximum absolute atomic E-state index is 13.2. The molecule has 0 unspecified atom stereocenters. The van der Waals surface area contributed by atoms with Crippen molar-refractivity contribution in [1.82, 2.24) is 0 Å². The number of carbonyl (C=O) groups is 1. The lowest BCUT2D eigenvalue weighted by Crippen LogP contribution is -2.04. The van der Waals surface area contributed by atoms with E-state index in [4.69, 9.17) is 23.2 Å². The summed E-state index contributed by atoms with van der Waals surface area (Å²) in [5, 5.41) is 0.187. The Kier molecular flexibility index (Phi) is 4.23. The van der Waals surface area contributed by atoms with E-state index in [1.54, 1.807) is 6.07 Å². The van der Waals surface area contributed by atoms with Crippen molar-refractivity contribution in [3.8, 4) is 0 Å². The van der Waals surface area contributed by atoms with Crippen LogP contribution in [0.5, 0.6) is 0 Å². The second kappa shape index (κ2) is 5.57. The fourth-order valence-electron chi connectivity index (χ4n) is 1.49. The van der Waals surface area contributed by atoms with Crippen LogP contribution in [-0.2, 0) is 0 Å². The van der Waals surface area contributed by atoms with Crippen molar-refractivity contribution >= 4 is 44.9 Å². The molecule has 0 aliphatic heterocycles. The molecule has 2 aromatic carbocycles. The molecule has 0 aliphatic rings. The molecule has 0 radical (unpaired) electrons. The van der Waals surface area contributed by atoms with Gasteiger partial charge in [0, 0.05) is 15.6 Å². The average molecular weight is 366 g/mol. The molecule has 1 nitrogen and oxygen atoms in total. The van der Waals surface area contributed by atoms with Crippen LogP contribution in [0.1, 0.15) is 15.9 Å². The molecule has 0 saturated heterocycles. The van der Waals surface area contributed by atoms with Crippen molar-refractivity contribution < 1.29 is 13.6 Å². The molecule has 0 atom stereocenters. The summed E-state index contributed by atoms with van der Waals surface area (Å²) in [5.41, 5.74) is 0.125. The highest BCUT2D eigenvalue weighted by molar-refractivity contribution is 9.10. The number of hydrogen-bond acceptors (Lipinski definition) is 1. The van der Waals surface area contributed by atoms with E-state index >= 15 is 0 Å². The lowest BCUT2D eigenvalue weighted by Gasteiger charge is -2.06. The van der Waals surface area contributed by atoms with E-state index in [0.29, 0.717) is 9.50 Å². The van der Waals surface area contributed by atoms with Gasteiger partial charge < -0.3 is 0 Å². The molecule has 0 aromatic heterocycles. The smallest absolute Gasteiger partial charge is 0.194 e. The second-order valence-electron chi connectivity index (χ2n) is 3.70. The third-order valence-electron chi connectivity index (χ3n) is 2.44. The Bertz CT molecular complexity index is 674. The fraction of sp³-hybridized carbons (Fsp3) is 0. The number of halogens is 5. The molecule has 0 amide bonds. The van der Waals surface area contributed by atoms with E-state index in [9.17, 15) is 13.6 Å². The first-order chi connectivity index (χ1) is 8.90. The minimum Gasteiger partial charge on any atom is -0.289 e. The maximum Gasteiger partial charge on any atom is 0.194 e. The van der Waals surface area contributed by atoms with Crippen LogP contribution in [0.25, 0.3) is 0 Å². The highest BCUT2D eigenvalue weighted by Crippen LogP contribution is 2.27. The molecule has 19 heavy (non-hydrogen) atoms. The minimum absolute atomic E-state index is 0.112. The SMILES string of the molecule is O=C(c1ccc(Br)c(Cl)c1)c1cc(F)c(F)cc1Cl. The summed E-state index contributed by atoms with van der Waals surface area (Å²) >= 11 is 14.8. The largest absolute Gasteiger partial charge is 0.289 e. The Morgan fingerprint density at radius 2 is 1.63 bits per heavy atom. The van der Waals surface area contributed by atoms with Crippen LogP contribution < -0.4 is 0 Å². The van der Waals surface area contributed by atoms with Gasteiger partial charge in [-0.1, -0.05) is 23.2 Å². The predicted molar refractivity (Wildman–Crippen MR) is 74.0 cm³/mol. The first-order valence-corrected chi connectivity index (χ1v) is 6.59. The van der Waals surface area contributed by atoms with Crippen LogP contribution in [-0.4, -0.2) is 5.78 Å². The Hall–Kier alpha value is -0.970. The Balaban J connectivity index is 2.49. The summed E-state index contributed by atoms with van der Waals surface area (Å²) < 4.78 is 26.7. The van der Waals surface area contributed by atoms with Gasteiger partial charge in [-0.25, -0.2) is 8.78 Å². The summed E-state index contributed by atoms with van der Waals surface area (Å²) in [4.78, 5) is 12.1. The number of rotatable bonds is 2. The zero-order chi connectivity index (χ0) is 14.2. The topological polar surface area (TPSA) is 17.1 Å². The summed E-state index contributed by atoms with van der Waals surface area (Å²) in [5.74, 6) is -2.76. The highest BCUT2D eigenvalue weighted by Gasteiger charge is 2.17. The first-order valence-electron chi connectivity index (χ1n) is 5.04. The molecule has 0 fully saturated rings. The Morgan fingerprint density at radius 1 is 1.00 bits per heavy atom. The van der Waals surface area contributed by atoms with Crippen molar-refractivity contribution in [2.24, 2.45) is 0 Å². The van der Waals surface area contributed by atoms with Gasteiger partial charge in [-0.05, 0) is 46.3 Å². The van der Waals surface area contributed by atoms with E-state index in [2.05, 4.69) is 15.9 Å². The van der Waals surface area contributed by atoms with Crippen LogP contribution in [0.15, 0.2) is 34.8 Å². The van der Waals surface area contributed by atoms with E-state index in [1.807, 2.05) is 0 Å². The molecular formula is C13H5BrCl2F2O. The van der Waals surface area contributed by atoms with E-state index in [0.717, 1.165) is 12.1 Å². The van der Waals surface area contributed by atoms with Gasteiger partial charge in [0.1, 0.15) is 0 Å². The van der Waals surface area contributed by atoms with Gasteiger partial charge in [-0.15, -0.1) is 0 Å². The van der Waals surface area contributed by atoms with E-state index < -0.39 is 17.4 Å². The van der Waals surface area contributed by atoms with E-state index in [-0.39, 0.29) is 16.1 Å². The van der Waals surface area contributed by atoms with Crippen molar-refractivity contribution in [2.75, 3.05) is 0 Å². The summed E-state index contributed by atoms with van der Waals surface area (Å²) in [6, 6.07) is 6.06. The van der Waals surface area contributed by atoms with Gasteiger partial charge in [-0.2, -0.15) is 0 Å². The van der Waals surface area contributed by atoms with Crippen molar-refractivity contribution in [2.45, 2.75) is 0 Å². The molecule has 0 aliphatic carbocycles. The Labute approximate surface area is 126 Å². The molecule has 2 rings (SSSR count). The second-order valence-corrected chi connectivity index (χ2v) is 5.37. The van der Waals surface area contributed by atoms with Crippen molar-refractivity contribution in [3.63, 3.8) is 0 Å². The Morgan fingerprint density at radius 3 is 2.26 bits per heavy atom. The van der Waals surface area contributed by atoms with Crippen LogP contribution in [0.4, 0.5) is 8.78 Å². The average Bonchev–Trinajstić information content (AvgIpc) is 2.36. The number of ketones is 1. The zero-order valence-electron chi connectivity index (χ0n) is 9.18. The molecule has 0 saturated carbocycles. The first kappa shape index (κ1) is 14.4. The molecule has 0 spiro atoms.